The lowest BCUT2D eigenvalue weighted by molar-refractivity contribution is -0.123. The number of nitrogens with zero attached hydrogens (tertiary/aromatic N) is 1. The second-order valence-corrected chi connectivity index (χ2v) is 6.05. The maximum atomic E-state index is 12.0. The minimum Gasteiger partial charge on any atom is -0.379 e. The van der Waals surface area contributed by atoms with Gasteiger partial charge in [-0.3, -0.25) is 9.69 Å². The molecule has 2 fully saturated rings. The SMILES string of the molecule is CC(CN1CCOCC1)NC(=O)C1CSCCN1. The zero-order chi connectivity index (χ0) is 12.8. The number of ether oxygens (including phenoxy) is 1. The third kappa shape index (κ3) is 4.42. The van der Waals surface area contributed by atoms with Crippen molar-refractivity contribution in [2.75, 3.05) is 50.9 Å². The molecule has 0 aromatic rings. The summed E-state index contributed by atoms with van der Waals surface area (Å²) in [5.41, 5.74) is 0. The molecule has 2 rings (SSSR count). The molecule has 2 atom stereocenters. The number of hydrogen-bond donors (Lipinski definition) is 2. The molecule has 0 aromatic carbocycles. The molecule has 18 heavy (non-hydrogen) atoms. The van der Waals surface area contributed by atoms with Crippen molar-refractivity contribution in [2.24, 2.45) is 0 Å². The Bertz CT molecular complexity index is 266. The minimum atomic E-state index is -0.0177. The van der Waals surface area contributed by atoms with E-state index in [0.717, 1.165) is 50.9 Å². The summed E-state index contributed by atoms with van der Waals surface area (Å²) in [4.78, 5) is 14.4. The average molecular weight is 273 g/mol. The largest absolute Gasteiger partial charge is 0.379 e. The Morgan fingerprint density at radius 2 is 2.33 bits per heavy atom. The second kappa shape index (κ2) is 7.33. The van der Waals surface area contributed by atoms with Gasteiger partial charge >= 0.3 is 0 Å². The van der Waals surface area contributed by atoms with Crippen LogP contribution < -0.4 is 10.6 Å². The Morgan fingerprint density at radius 3 is 3.00 bits per heavy atom. The topological polar surface area (TPSA) is 53.6 Å². The van der Waals surface area contributed by atoms with E-state index in [1.54, 1.807) is 0 Å². The Morgan fingerprint density at radius 1 is 1.56 bits per heavy atom. The van der Waals surface area contributed by atoms with Crippen LogP contribution in [-0.2, 0) is 9.53 Å². The summed E-state index contributed by atoms with van der Waals surface area (Å²) in [7, 11) is 0. The monoisotopic (exact) mass is 273 g/mol. The fraction of sp³-hybridized carbons (Fsp3) is 0.917. The van der Waals surface area contributed by atoms with Gasteiger partial charge in [0.15, 0.2) is 0 Å². The number of rotatable bonds is 4. The lowest BCUT2D eigenvalue weighted by Gasteiger charge is -2.30. The first-order valence-electron chi connectivity index (χ1n) is 6.67. The molecule has 2 N–H and O–H groups in total. The van der Waals surface area contributed by atoms with Crippen molar-refractivity contribution in [1.82, 2.24) is 15.5 Å². The predicted octanol–water partition coefficient (Wildman–Crippen LogP) is -0.472. The van der Waals surface area contributed by atoms with Crippen LogP contribution in [0.4, 0.5) is 0 Å². The van der Waals surface area contributed by atoms with Crippen LogP contribution in [-0.4, -0.2) is 73.8 Å². The molecule has 2 saturated heterocycles. The Balaban J connectivity index is 1.68. The van der Waals surface area contributed by atoms with Crippen LogP contribution in [0.2, 0.25) is 0 Å². The summed E-state index contributed by atoms with van der Waals surface area (Å²) in [6.45, 7) is 7.47. The van der Waals surface area contributed by atoms with E-state index in [4.69, 9.17) is 4.74 Å². The molecular weight excluding hydrogens is 250 g/mol. The summed E-state index contributed by atoms with van der Waals surface area (Å²) < 4.78 is 5.32. The van der Waals surface area contributed by atoms with Crippen LogP contribution in [0.1, 0.15) is 6.92 Å². The summed E-state index contributed by atoms with van der Waals surface area (Å²) in [5, 5.41) is 6.36. The van der Waals surface area contributed by atoms with Crippen LogP contribution in [0.15, 0.2) is 0 Å². The predicted molar refractivity (Wildman–Crippen MR) is 74.0 cm³/mol. The van der Waals surface area contributed by atoms with Gasteiger partial charge in [0.05, 0.1) is 19.3 Å². The average Bonchev–Trinajstić information content (AvgIpc) is 2.40. The molecule has 0 aromatic heterocycles. The van der Waals surface area contributed by atoms with Crippen LogP contribution >= 0.6 is 11.8 Å². The second-order valence-electron chi connectivity index (χ2n) is 4.90. The first-order valence-corrected chi connectivity index (χ1v) is 7.83. The van der Waals surface area contributed by atoms with Gasteiger partial charge in [-0.2, -0.15) is 11.8 Å². The first kappa shape index (κ1) is 14.1. The lowest BCUT2D eigenvalue weighted by atomic mass is 10.2. The van der Waals surface area contributed by atoms with Crippen molar-refractivity contribution < 1.29 is 9.53 Å². The van der Waals surface area contributed by atoms with Crippen LogP contribution in [0.25, 0.3) is 0 Å². The van der Waals surface area contributed by atoms with Gasteiger partial charge < -0.3 is 15.4 Å². The van der Waals surface area contributed by atoms with E-state index in [1.807, 2.05) is 11.8 Å². The molecule has 2 aliphatic heterocycles. The van der Waals surface area contributed by atoms with Crippen molar-refractivity contribution in [3.05, 3.63) is 0 Å². The molecule has 5 nitrogen and oxygen atoms in total. The minimum absolute atomic E-state index is 0.0177. The van der Waals surface area contributed by atoms with Crippen molar-refractivity contribution >= 4 is 17.7 Å². The standard InChI is InChI=1S/C12H23N3O2S/c1-10(8-15-3-5-17-6-4-15)14-12(16)11-9-18-7-2-13-11/h10-11,13H,2-9H2,1H3,(H,14,16). The molecule has 1 amide bonds. The number of carbonyl (C=O) groups excluding carboxylic acids is 1. The maximum absolute atomic E-state index is 12.0. The van der Waals surface area contributed by atoms with Crippen LogP contribution in [0.3, 0.4) is 0 Å². The zero-order valence-electron chi connectivity index (χ0n) is 11.0. The van der Waals surface area contributed by atoms with E-state index in [2.05, 4.69) is 22.5 Å². The number of thioether (sulfide) groups is 1. The van der Waals surface area contributed by atoms with Gasteiger partial charge in [-0.05, 0) is 6.92 Å². The molecule has 2 unspecified atom stereocenters. The van der Waals surface area contributed by atoms with Gasteiger partial charge in [0.2, 0.25) is 5.91 Å². The number of nitrogens with one attached hydrogen (secondary N) is 2. The van der Waals surface area contributed by atoms with Gasteiger partial charge in [0.25, 0.3) is 0 Å². The molecule has 0 saturated carbocycles. The molecule has 0 radical (unpaired) electrons. The quantitative estimate of drug-likeness (QED) is 0.725. The van der Waals surface area contributed by atoms with Gasteiger partial charge in [-0.15, -0.1) is 0 Å². The Hall–Kier alpha value is -0.300. The zero-order valence-corrected chi connectivity index (χ0v) is 11.8. The summed E-state index contributed by atoms with van der Waals surface area (Å²) in [6.07, 6.45) is 0. The number of hydrogen-bond acceptors (Lipinski definition) is 5. The van der Waals surface area contributed by atoms with Crippen LogP contribution in [0, 0.1) is 0 Å². The molecule has 2 aliphatic rings. The van der Waals surface area contributed by atoms with Crippen molar-refractivity contribution in [3.8, 4) is 0 Å². The van der Waals surface area contributed by atoms with E-state index in [-0.39, 0.29) is 18.0 Å². The molecule has 2 heterocycles. The van der Waals surface area contributed by atoms with Gasteiger partial charge in [0, 0.05) is 43.7 Å². The van der Waals surface area contributed by atoms with Crippen molar-refractivity contribution in [1.29, 1.82) is 0 Å². The molecule has 104 valence electrons. The van der Waals surface area contributed by atoms with E-state index in [1.165, 1.54) is 0 Å². The van der Waals surface area contributed by atoms with Crippen molar-refractivity contribution in [3.63, 3.8) is 0 Å². The molecule has 0 bridgehead atoms. The molecule has 6 heteroatoms. The molecular formula is C12H23N3O2S. The van der Waals surface area contributed by atoms with Crippen molar-refractivity contribution in [2.45, 2.75) is 19.0 Å². The van der Waals surface area contributed by atoms with E-state index < -0.39 is 0 Å². The smallest absolute Gasteiger partial charge is 0.238 e. The highest BCUT2D eigenvalue weighted by atomic mass is 32.2. The Labute approximate surface area is 113 Å². The van der Waals surface area contributed by atoms with E-state index in [9.17, 15) is 4.79 Å². The summed E-state index contributed by atoms with van der Waals surface area (Å²) >= 11 is 1.84. The summed E-state index contributed by atoms with van der Waals surface area (Å²) in [6, 6.07) is 0.181. The lowest BCUT2D eigenvalue weighted by Crippen LogP contribution is -2.53. The highest BCUT2D eigenvalue weighted by molar-refractivity contribution is 7.99. The highest BCUT2D eigenvalue weighted by Crippen LogP contribution is 2.08. The van der Waals surface area contributed by atoms with Crippen LogP contribution in [0.5, 0.6) is 0 Å². The van der Waals surface area contributed by atoms with Gasteiger partial charge in [-0.25, -0.2) is 0 Å². The number of morpholine rings is 1. The first-order chi connectivity index (χ1) is 8.75. The van der Waals surface area contributed by atoms with Gasteiger partial charge in [-0.1, -0.05) is 0 Å². The third-order valence-electron chi connectivity index (χ3n) is 3.26. The van der Waals surface area contributed by atoms with E-state index >= 15 is 0 Å². The number of amides is 1. The number of carbonyl (C=O) groups is 1. The fourth-order valence-electron chi connectivity index (χ4n) is 2.29. The Kier molecular flexibility index (Phi) is 5.75. The normalized spacial score (nSPS) is 27.7. The molecule has 0 aliphatic carbocycles. The van der Waals surface area contributed by atoms with Gasteiger partial charge in [0.1, 0.15) is 0 Å². The fourth-order valence-corrected chi connectivity index (χ4v) is 3.23. The third-order valence-corrected chi connectivity index (χ3v) is 4.32. The molecule has 0 spiro atoms. The maximum Gasteiger partial charge on any atom is 0.238 e. The summed E-state index contributed by atoms with van der Waals surface area (Å²) in [5.74, 6) is 2.13. The van der Waals surface area contributed by atoms with E-state index in [0.29, 0.717) is 0 Å². The highest BCUT2D eigenvalue weighted by Gasteiger charge is 2.23.